The van der Waals surface area contributed by atoms with Crippen molar-refractivity contribution in [3.8, 4) is 17.1 Å². The molecule has 0 aliphatic carbocycles. The predicted molar refractivity (Wildman–Crippen MR) is 78.7 cm³/mol. The first-order valence-electron chi connectivity index (χ1n) is 7.04. The van der Waals surface area contributed by atoms with Gasteiger partial charge in [-0.05, 0) is 33.9 Å². The molecule has 0 fully saturated rings. The molecule has 0 aliphatic rings. The molecule has 0 saturated heterocycles. The van der Waals surface area contributed by atoms with Gasteiger partial charge in [0.25, 0.3) is 0 Å². The van der Waals surface area contributed by atoms with Crippen molar-refractivity contribution in [3.63, 3.8) is 0 Å². The van der Waals surface area contributed by atoms with Crippen LogP contribution in [0.25, 0.3) is 11.4 Å². The summed E-state index contributed by atoms with van der Waals surface area (Å²) in [5, 5.41) is 13.9. The smallest absolute Gasteiger partial charge is 0.179 e. The van der Waals surface area contributed by atoms with Crippen LogP contribution >= 0.6 is 0 Å². The molecular formula is C15H22N4O. The van der Waals surface area contributed by atoms with Crippen LogP contribution < -0.4 is 4.74 Å². The fourth-order valence-corrected chi connectivity index (χ4v) is 2.02. The molecule has 1 N–H and O–H groups in total. The van der Waals surface area contributed by atoms with Crippen LogP contribution in [0.3, 0.4) is 0 Å². The van der Waals surface area contributed by atoms with Gasteiger partial charge in [0.2, 0.25) is 0 Å². The minimum absolute atomic E-state index is 0.0414. The van der Waals surface area contributed by atoms with Crippen molar-refractivity contribution in [1.82, 2.24) is 20.6 Å². The summed E-state index contributed by atoms with van der Waals surface area (Å²) in [6.07, 6.45) is 2.17. The number of H-pyrrole nitrogens is 1. The lowest BCUT2D eigenvalue weighted by Gasteiger charge is -2.23. The SMILES string of the molecule is CCCCOc1cc(-c2nnn[nH]2)ccc1C(C)(C)C. The van der Waals surface area contributed by atoms with Crippen LogP contribution in [0.4, 0.5) is 0 Å². The Hall–Kier alpha value is -1.91. The summed E-state index contributed by atoms with van der Waals surface area (Å²) in [6.45, 7) is 9.45. The number of tetrazole rings is 1. The Morgan fingerprint density at radius 2 is 2.05 bits per heavy atom. The van der Waals surface area contributed by atoms with Gasteiger partial charge in [-0.2, -0.15) is 0 Å². The van der Waals surface area contributed by atoms with Crippen molar-refractivity contribution in [2.75, 3.05) is 6.61 Å². The minimum Gasteiger partial charge on any atom is -0.493 e. The Bertz CT molecular complexity index is 543. The highest BCUT2D eigenvalue weighted by Crippen LogP contribution is 2.34. The van der Waals surface area contributed by atoms with E-state index in [1.165, 1.54) is 5.56 Å². The molecule has 1 heterocycles. The quantitative estimate of drug-likeness (QED) is 0.849. The summed E-state index contributed by atoms with van der Waals surface area (Å²) in [4.78, 5) is 0. The molecule has 5 nitrogen and oxygen atoms in total. The average Bonchev–Trinajstić information content (AvgIpc) is 2.91. The zero-order chi connectivity index (χ0) is 14.6. The molecule has 0 unspecified atom stereocenters. The van der Waals surface area contributed by atoms with E-state index < -0.39 is 0 Å². The first kappa shape index (κ1) is 14.5. The average molecular weight is 274 g/mol. The molecule has 108 valence electrons. The maximum Gasteiger partial charge on any atom is 0.179 e. The standard InChI is InChI=1S/C15H22N4O/c1-5-6-9-20-13-10-11(14-16-18-19-17-14)7-8-12(13)15(2,3)4/h7-8,10H,5-6,9H2,1-4H3,(H,16,17,18,19). The van der Waals surface area contributed by atoms with E-state index in [0.717, 1.165) is 30.8 Å². The number of aromatic amines is 1. The molecule has 1 aromatic carbocycles. The highest BCUT2D eigenvalue weighted by molar-refractivity contribution is 5.59. The van der Waals surface area contributed by atoms with Crippen LogP contribution in [0, 0.1) is 0 Å². The summed E-state index contributed by atoms with van der Waals surface area (Å²) < 4.78 is 5.96. The fourth-order valence-electron chi connectivity index (χ4n) is 2.02. The first-order chi connectivity index (χ1) is 9.52. The third-order valence-corrected chi connectivity index (χ3v) is 3.16. The Morgan fingerprint density at radius 1 is 1.25 bits per heavy atom. The van der Waals surface area contributed by atoms with Gasteiger partial charge in [0.1, 0.15) is 5.75 Å². The second-order valence-electron chi connectivity index (χ2n) is 5.91. The van der Waals surface area contributed by atoms with Crippen molar-refractivity contribution >= 4 is 0 Å². The van der Waals surface area contributed by atoms with E-state index in [1.807, 2.05) is 12.1 Å². The molecule has 2 rings (SSSR count). The van der Waals surface area contributed by atoms with E-state index in [0.29, 0.717) is 5.82 Å². The Kier molecular flexibility index (Phi) is 4.37. The van der Waals surface area contributed by atoms with E-state index >= 15 is 0 Å². The largest absolute Gasteiger partial charge is 0.493 e. The van der Waals surface area contributed by atoms with Crippen molar-refractivity contribution in [2.45, 2.75) is 46.0 Å². The predicted octanol–water partition coefficient (Wildman–Crippen LogP) is 3.34. The number of nitrogens with one attached hydrogen (secondary N) is 1. The van der Waals surface area contributed by atoms with Crippen LogP contribution in [-0.2, 0) is 5.41 Å². The lowest BCUT2D eigenvalue weighted by Crippen LogP contribution is -2.14. The monoisotopic (exact) mass is 274 g/mol. The number of hydrogen-bond acceptors (Lipinski definition) is 4. The van der Waals surface area contributed by atoms with Gasteiger partial charge in [0.15, 0.2) is 5.82 Å². The summed E-state index contributed by atoms with van der Waals surface area (Å²) in [5.74, 6) is 1.57. The van der Waals surface area contributed by atoms with Crippen molar-refractivity contribution in [1.29, 1.82) is 0 Å². The van der Waals surface area contributed by atoms with Gasteiger partial charge in [-0.15, -0.1) is 5.10 Å². The molecule has 0 saturated carbocycles. The topological polar surface area (TPSA) is 63.7 Å². The van der Waals surface area contributed by atoms with Crippen molar-refractivity contribution in [2.24, 2.45) is 0 Å². The molecule has 0 amide bonds. The molecule has 1 aromatic heterocycles. The van der Waals surface area contributed by atoms with Crippen molar-refractivity contribution in [3.05, 3.63) is 23.8 Å². The van der Waals surface area contributed by atoms with Crippen molar-refractivity contribution < 1.29 is 4.74 Å². The fraction of sp³-hybridized carbons (Fsp3) is 0.533. The van der Waals surface area contributed by atoms with Gasteiger partial charge < -0.3 is 4.74 Å². The zero-order valence-electron chi connectivity index (χ0n) is 12.6. The maximum atomic E-state index is 5.96. The van der Waals surface area contributed by atoms with Crippen LogP contribution in [-0.4, -0.2) is 27.2 Å². The van der Waals surface area contributed by atoms with Gasteiger partial charge >= 0.3 is 0 Å². The molecule has 0 bridgehead atoms. The van der Waals surface area contributed by atoms with E-state index in [2.05, 4.69) is 54.4 Å². The number of aromatic nitrogens is 4. The minimum atomic E-state index is 0.0414. The van der Waals surface area contributed by atoms with E-state index in [1.54, 1.807) is 0 Å². The maximum absolute atomic E-state index is 5.96. The molecule has 0 aliphatic heterocycles. The van der Waals surface area contributed by atoms with Gasteiger partial charge in [-0.1, -0.05) is 46.2 Å². The molecule has 0 radical (unpaired) electrons. The Morgan fingerprint density at radius 3 is 2.65 bits per heavy atom. The second-order valence-corrected chi connectivity index (χ2v) is 5.91. The number of unbranched alkanes of at least 4 members (excludes halogenated alkanes) is 1. The summed E-state index contributed by atoms with van der Waals surface area (Å²) in [6, 6.07) is 6.13. The lowest BCUT2D eigenvalue weighted by atomic mass is 9.85. The summed E-state index contributed by atoms with van der Waals surface area (Å²) >= 11 is 0. The van der Waals surface area contributed by atoms with Gasteiger partial charge in [0.05, 0.1) is 6.61 Å². The molecule has 0 spiro atoms. The van der Waals surface area contributed by atoms with Crippen LogP contribution in [0.2, 0.25) is 0 Å². The normalized spacial score (nSPS) is 11.6. The molecule has 2 aromatic rings. The number of rotatable bonds is 5. The van der Waals surface area contributed by atoms with E-state index in [9.17, 15) is 0 Å². The third-order valence-electron chi connectivity index (χ3n) is 3.16. The number of nitrogens with zero attached hydrogens (tertiary/aromatic N) is 3. The lowest BCUT2D eigenvalue weighted by molar-refractivity contribution is 0.301. The Labute approximate surface area is 119 Å². The number of ether oxygens (including phenoxy) is 1. The van der Waals surface area contributed by atoms with E-state index in [-0.39, 0.29) is 5.41 Å². The third kappa shape index (κ3) is 3.35. The zero-order valence-corrected chi connectivity index (χ0v) is 12.6. The molecule has 20 heavy (non-hydrogen) atoms. The van der Waals surface area contributed by atoms with Gasteiger partial charge in [-0.3, -0.25) is 0 Å². The molecular weight excluding hydrogens is 252 g/mol. The second kappa shape index (κ2) is 6.03. The highest BCUT2D eigenvalue weighted by Gasteiger charge is 2.20. The van der Waals surface area contributed by atoms with Crippen LogP contribution in [0.1, 0.15) is 46.1 Å². The summed E-state index contributed by atoms with van der Waals surface area (Å²) in [5.41, 5.74) is 2.18. The number of benzene rings is 1. The van der Waals surface area contributed by atoms with E-state index in [4.69, 9.17) is 4.74 Å². The highest BCUT2D eigenvalue weighted by atomic mass is 16.5. The first-order valence-corrected chi connectivity index (χ1v) is 7.04. The van der Waals surface area contributed by atoms with Crippen LogP contribution in [0.5, 0.6) is 5.75 Å². The van der Waals surface area contributed by atoms with Gasteiger partial charge in [0, 0.05) is 5.56 Å². The van der Waals surface area contributed by atoms with Crippen LogP contribution in [0.15, 0.2) is 18.2 Å². The molecule has 0 atom stereocenters. The Balaban J connectivity index is 2.34. The van der Waals surface area contributed by atoms with Gasteiger partial charge in [-0.25, -0.2) is 5.10 Å². The summed E-state index contributed by atoms with van der Waals surface area (Å²) in [7, 11) is 0. The number of hydrogen-bond donors (Lipinski definition) is 1. The molecule has 5 heteroatoms.